The van der Waals surface area contributed by atoms with E-state index in [1.165, 1.54) is 36.6 Å². The minimum atomic E-state index is -0.200. The van der Waals surface area contributed by atoms with Crippen LogP contribution in [0.3, 0.4) is 0 Å². The molecule has 1 aromatic heterocycles. The van der Waals surface area contributed by atoms with E-state index in [1.807, 2.05) is 31.2 Å². The fourth-order valence-electron chi connectivity index (χ4n) is 2.92. The third-order valence-corrected chi connectivity index (χ3v) is 5.35. The SMILES string of the molecule is Cc1ccc(-c2nc(S[C@@H](C)C(=O)NC3CCCCC3)n[nH]2)cc1. The van der Waals surface area contributed by atoms with E-state index in [1.54, 1.807) is 0 Å². The Morgan fingerprint density at radius 3 is 2.67 bits per heavy atom. The number of aromatic nitrogens is 3. The van der Waals surface area contributed by atoms with Crippen LogP contribution < -0.4 is 5.32 Å². The van der Waals surface area contributed by atoms with Gasteiger partial charge in [-0.05, 0) is 26.7 Å². The number of H-pyrrole nitrogens is 1. The zero-order valence-corrected chi connectivity index (χ0v) is 15.0. The van der Waals surface area contributed by atoms with Gasteiger partial charge in [0.25, 0.3) is 0 Å². The molecule has 0 radical (unpaired) electrons. The summed E-state index contributed by atoms with van der Waals surface area (Å²) in [5.41, 5.74) is 2.21. The van der Waals surface area contributed by atoms with Gasteiger partial charge in [0, 0.05) is 11.6 Å². The van der Waals surface area contributed by atoms with E-state index in [2.05, 4.69) is 27.4 Å². The lowest BCUT2D eigenvalue weighted by molar-refractivity contribution is -0.121. The van der Waals surface area contributed by atoms with Crippen LogP contribution in [0.15, 0.2) is 29.4 Å². The largest absolute Gasteiger partial charge is 0.352 e. The van der Waals surface area contributed by atoms with Gasteiger partial charge in [0.15, 0.2) is 5.82 Å². The summed E-state index contributed by atoms with van der Waals surface area (Å²) in [7, 11) is 0. The maximum absolute atomic E-state index is 12.3. The Balaban J connectivity index is 1.57. The number of nitrogens with zero attached hydrogens (tertiary/aromatic N) is 2. The average molecular weight is 344 g/mol. The Morgan fingerprint density at radius 1 is 1.25 bits per heavy atom. The summed E-state index contributed by atoms with van der Waals surface area (Å²) in [6.45, 7) is 3.96. The minimum Gasteiger partial charge on any atom is -0.352 e. The molecule has 6 heteroatoms. The quantitative estimate of drug-likeness (QED) is 0.811. The van der Waals surface area contributed by atoms with Gasteiger partial charge in [0.2, 0.25) is 11.1 Å². The van der Waals surface area contributed by atoms with Crippen molar-refractivity contribution in [1.29, 1.82) is 0 Å². The van der Waals surface area contributed by atoms with Crippen molar-refractivity contribution in [1.82, 2.24) is 20.5 Å². The number of hydrogen-bond donors (Lipinski definition) is 2. The predicted molar refractivity (Wildman–Crippen MR) is 96.9 cm³/mol. The Bertz CT molecular complexity index is 677. The van der Waals surface area contributed by atoms with Crippen LogP contribution in [0.5, 0.6) is 0 Å². The number of carbonyl (C=O) groups excluding carboxylic acids is 1. The molecule has 1 atom stereocenters. The van der Waals surface area contributed by atoms with Crippen molar-refractivity contribution >= 4 is 17.7 Å². The first-order valence-electron chi connectivity index (χ1n) is 8.58. The van der Waals surface area contributed by atoms with Gasteiger partial charge in [0.05, 0.1) is 5.25 Å². The highest BCUT2D eigenvalue weighted by Gasteiger charge is 2.21. The molecule has 2 N–H and O–H groups in total. The molecule has 1 heterocycles. The van der Waals surface area contributed by atoms with E-state index in [-0.39, 0.29) is 11.2 Å². The zero-order valence-electron chi connectivity index (χ0n) is 14.2. The predicted octanol–water partition coefficient (Wildman–Crippen LogP) is 3.71. The lowest BCUT2D eigenvalue weighted by atomic mass is 9.95. The van der Waals surface area contributed by atoms with Crippen molar-refractivity contribution in [2.75, 3.05) is 0 Å². The Kier molecular flexibility index (Phi) is 5.56. The van der Waals surface area contributed by atoms with E-state index in [4.69, 9.17) is 0 Å². The number of thioether (sulfide) groups is 1. The van der Waals surface area contributed by atoms with Gasteiger partial charge in [-0.2, -0.15) is 0 Å². The lowest BCUT2D eigenvalue weighted by Crippen LogP contribution is -2.40. The molecule has 0 aliphatic heterocycles. The number of carbonyl (C=O) groups is 1. The smallest absolute Gasteiger partial charge is 0.233 e. The molecule has 0 spiro atoms. The van der Waals surface area contributed by atoms with Crippen LogP contribution in [0.4, 0.5) is 0 Å². The Morgan fingerprint density at radius 2 is 1.96 bits per heavy atom. The second kappa shape index (κ2) is 7.83. The van der Waals surface area contributed by atoms with E-state index in [0.717, 1.165) is 24.2 Å². The molecule has 24 heavy (non-hydrogen) atoms. The van der Waals surface area contributed by atoms with Crippen LogP contribution >= 0.6 is 11.8 Å². The van der Waals surface area contributed by atoms with Gasteiger partial charge in [-0.1, -0.05) is 60.9 Å². The van der Waals surface area contributed by atoms with Crippen molar-refractivity contribution in [2.45, 2.75) is 62.4 Å². The molecule has 1 fully saturated rings. The van der Waals surface area contributed by atoms with Crippen LogP contribution in [0.2, 0.25) is 0 Å². The van der Waals surface area contributed by atoms with Gasteiger partial charge in [-0.25, -0.2) is 4.98 Å². The molecule has 1 amide bonds. The molecular weight excluding hydrogens is 320 g/mol. The average Bonchev–Trinajstić information content (AvgIpc) is 3.05. The highest BCUT2D eigenvalue weighted by atomic mass is 32.2. The van der Waals surface area contributed by atoms with E-state index in [9.17, 15) is 4.79 Å². The topological polar surface area (TPSA) is 70.7 Å². The number of aryl methyl sites for hydroxylation is 1. The number of aromatic amines is 1. The molecule has 1 aliphatic carbocycles. The summed E-state index contributed by atoms with van der Waals surface area (Å²) >= 11 is 1.39. The van der Waals surface area contributed by atoms with Crippen LogP contribution in [0.1, 0.15) is 44.6 Å². The Labute approximate surface area is 147 Å². The first kappa shape index (κ1) is 17.0. The van der Waals surface area contributed by atoms with Crippen molar-refractivity contribution in [2.24, 2.45) is 0 Å². The molecule has 0 saturated heterocycles. The maximum atomic E-state index is 12.3. The van der Waals surface area contributed by atoms with E-state index in [0.29, 0.717) is 11.2 Å². The third-order valence-electron chi connectivity index (χ3n) is 4.39. The minimum absolute atomic E-state index is 0.0774. The molecular formula is C18H24N4OS. The first-order valence-corrected chi connectivity index (χ1v) is 9.46. The summed E-state index contributed by atoms with van der Waals surface area (Å²) in [5.74, 6) is 0.811. The number of amides is 1. The van der Waals surface area contributed by atoms with Gasteiger partial charge >= 0.3 is 0 Å². The van der Waals surface area contributed by atoms with Crippen molar-refractivity contribution < 1.29 is 4.79 Å². The number of nitrogens with one attached hydrogen (secondary N) is 2. The monoisotopic (exact) mass is 344 g/mol. The zero-order chi connectivity index (χ0) is 16.9. The van der Waals surface area contributed by atoms with Gasteiger partial charge in [-0.3, -0.25) is 9.89 Å². The van der Waals surface area contributed by atoms with E-state index < -0.39 is 0 Å². The van der Waals surface area contributed by atoms with Crippen molar-refractivity contribution in [3.8, 4) is 11.4 Å². The van der Waals surface area contributed by atoms with E-state index >= 15 is 0 Å². The number of hydrogen-bond acceptors (Lipinski definition) is 4. The maximum Gasteiger partial charge on any atom is 0.233 e. The molecule has 128 valence electrons. The molecule has 2 aromatic rings. The van der Waals surface area contributed by atoms with Crippen molar-refractivity contribution in [3.05, 3.63) is 29.8 Å². The fraction of sp³-hybridized carbons (Fsp3) is 0.500. The summed E-state index contributed by atoms with van der Waals surface area (Å²) in [6.07, 6.45) is 5.92. The first-order chi connectivity index (χ1) is 11.6. The Hall–Kier alpha value is -1.82. The summed E-state index contributed by atoms with van der Waals surface area (Å²) in [5, 5.41) is 10.8. The molecule has 0 bridgehead atoms. The normalized spacial score (nSPS) is 16.8. The summed E-state index contributed by atoms with van der Waals surface area (Å²) in [4.78, 5) is 16.8. The molecule has 3 rings (SSSR count). The summed E-state index contributed by atoms with van der Waals surface area (Å²) < 4.78 is 0. The third kappa shape index (κ3) is 4.38. The van der Waals surface area contributed by atoms with Gasteiger partial charge < -0.3 is 5.32 Å². The van der Waals surface area contributed by atoms with Gasteiger partial charge in [-0.15, -0.1) is 5.10 Å². The second-order valence-corrected chi connectivity index (χ2v) is 7.74. The molecule has 1 aromatic carbocycles. The molecule has 1 aliphatic rings. The van der Waals surface area contributed by atoms with Gasteiger partial charge in [0.1, 0.15) is 0 Å². The number of benzene rings is 1. The van der Waals surface area contributed by atoms with Crippen LogP contribution in [-0.2, 0) is 4.79 Å². The standard InChI is InChI=1S/C18H24N4OS/c1-12-8-10-14(11-9-12)16-20-18(22-21-16)24-13(2)17(23)19-15-6-4-3-5-7-15/h8-11,13,15H,3-7H2,1-2H3,(H,19,23)(H,20,21,22)/t13-/m0/s1. The number of rotatable bonds is 5. The molecule has 0 unspecified atom stereocenters. The highest BCUT2D eigenvalue weighted by molar-refractivity contribution is 8.00. The van der Waals surface area contributed by atoms with Crippen LogP contribution in [-0.4, -0.2) is 32.4 Å². The summed E-state index contributed by atoms with van der Waals surface area (Å²) in [6, 6.07) is 8.47. The van der Waals surface area contributed by atoms with Crippen LogP contribution in [0, 0.1) is 6.92 Å². The lowest BCUT2D eigenvalue weighted by Gasteiger charge is -2.24. The highest BCUT2D eigenvalue weighted by Crippen LogP contribution is 2.24. The molecule has 5 nitrogen and oxygen atoms in total. The second-order valence-electron chi connectivity index (χ2n) is 6.44. The molecule has 1 saturated carbocycles. The van der Waals surface area contributed by atoms with Crippen molar-refractivity contribution in [3.63, 3.8) is 0 Å². The van der Waals surface area contributed by atoms with Crippen LogP contribution in [0.25, 0.3) is 11.4 Å². The fourth-order valence-corrected chi connectivity index (χ4v) is 3.65.